The van der Waals surface area contributed by atoms with E-state index in [1.54, 1.807) is 36.0 Å². The molecule has 0 spiro atoms. The van der Waals surface area contributed by atoms with Gasteiger partial charge in [-0.3, -0.25) is 4.79 Å². The topological polar surface area (TPSA) is 91.4 Å². The zero-order valence-corrected chi connectivity index (χ0v) is 23.7. The summed E-state index contributed by atoms with van der Waals surface area (Å²) in [6.45, 7) is 10.2. The van der Waals surface area contributed by atoms with Crippen LogP contribution >= 0.6 is 24.0 Å². The zero-order valence-electron chi connectivity index (χ0n) is 22.1. The number of nitrogens with zero attached hydrogens (tertiary/aromatic N) is 3. The van der Waals surface area contributed by atoms with E-state index in [1.165, 1.54) is 6.08 Å². The fourth-order valence-corrected chi connectivity index (χ4v) is 4.64. The van der Waals surface area contributed by atoms with Crippen molar-refractivity contribution in [2.24, 2.45) is 0 Å². The van der Waals surface area contributed by atoms with Crippen LogP contribution in [-0.4, -0.2) is 50.5 Å². The number of thiocarbonyl (C=S) groups is 1. The smallest absolute Gasteiger partial charge is 0.247 e. The maximum absolute atomic E-state index is 14.4. The maximum Gasteiger partial charge on any atom is 0.247 e. The van der Waals surface area contributed by atoms with Gasteiger partial charge in [0.2, 0.25) is 11.9 Å². The first-order valence-corrected chi connectivity index (χ1v) is 14.1. The van der Waals surface area contributed by atoms with Crippen LogP contribution in [-0.2, 0) is 4.79 Å². The minimum absolute atomic E-state index is 0.00787. The van der Waals surface area contributed by atoms with Crippen LogP contribution in [0.25, 0.3) is 0 Å². The van der Waals surface area contributed by atoms with Crippen LogP contribution in [0.1, 0.15) is 26.7 Å². The van der Waals surface area contributed by atoms with E-state index in [4.69, 9.17) is 17.0 Å². The number of carbonyl (C=O) groups is 1. The monoisotopic (exact) mass is 568 g/mol. The minimum atomic E-state index is -0.616. The lowest BCUT2D eigenvalue weighted by Gasteiger charge is -2.23. The summed E-state index contributed by atoms with van der Waals surface area (Å²) in [4.78, 5) is 22.1. The highest BCUT2D eigenvalue weighted by molar-refractivity contribution is 8.22. The summed E-state index contributed by atoms with van der Waals surface area (Å²) < 4.78 is 21.2. The highest BCUT2D eigenvalue weighted by atomic mass is 32.2. The fourth-order valence-electron chi connectivity index (χ4n) is 3.50. The molecule has 3 aromatic rings. The molecular formula is C28H33FN6O2S2. The number of ether oxygens (including phenoxy) is 1. The van der Waals surface area contributed by atoms with Gasteiger partial charge in [0.15, 0.2) is 11.6 Å². The molecule has 1 heterocycles. The highest BCUT2D eigenvalue weighted by Gasteiger charge is 2.10. The first-order valence-electron chi connectivity index (χ1n) is 12.7. The lowest BCUT2D eigenvalue weighted by Crippen LogP contribution is -2.29. The van der Waals surface area contributed by atoms with Gasteiger partial charge in [-0.2, -0.15) is 4.98 Å². The molecule has 0 bridgehead atoms. The number of hydrogen-bond acceptors (Lipinski definition) is 8. The van der Waals surface area contributed by atoms with Gasteiger partial charge in [0.1, 0.15) is 10.1 Å². The summed E-state index contributed by atoms with van der Waals surface area (Å²) >= 11 is 7.20. The zero-order chi connectivity index (χ0) is 28.0. The van der Waals surface area contributed by atoms with E-state index in [9.17, 15) is 9.18 Å². The molecule has 0 atom stereocenters. The van der Waals surface area contributed by atoms with Crippen molar-refractivity contribution in [3.63, 3.8) is 0 Å². The third-order valence-electron chi connectivity index (χ3n) is 5.26. The Kier molecular flexibility index (Phi) is 12.0. The number of aromatic nitrogens is 2. The summed E-state index contributed by atoms with van der Waals surface area (Å²) in [6.07, 6.45) is 4.40. The SMILES string of the molecule is C=CC(=O)Nc1cccc(Nc2nc(Nc3ccc(OCCSC(=S)N(CCC)CCC)cc3)ncc2F)c1. The van der Waals surface area contributed by atoms with Crippen LogP contribution in [0.5, 0.6) is 5.75 Å². The van der Waals surface area contributed by atoms with E-state index in [1.807, 2.05) is 24.3 Å². The first-order chi connectivity index (χ1) is 18.9. The van der Waals surface area contributed by atoms with Gasteiger partial charge in [-0.05, 0) is 61.4 Å². The van der Waals surface area contributed by atoms with Crippen molar-refractivity contribution in [3.8, 4) is 5.75 Å². The van der Waals surface area contributed by atoms with Crippen LogP contribution in [0.3, 0.4) is 0 Å². The van der Waals surface area contributed by atoms with E-state index < -0.39 is 5.82 Å². The van der Waals surface area contributed by atoms with Gasteiger partial charge in [-0.15, -0.1) is 0 Å². The number of rotatable bonds is 14. The summed E-state index contributed by atoms with van der Waals surface area (Å²) in [5, 5.41) is 8.65. The van der Waals surface area contributed by atoms with E-state index in [2.05, 4.69) is 51.2 Å². The van der Waals surface area contributed by atoms with Crippen molar-refractivity contribution in [2.75, 3.05) is 41.4 Å². The third kappa shape index (κ3) is 9.84. The Hall–Kier alpha value is -3.70. The molecule has 0 aliphatic heterocycles. The first kappa shape index (κ1) is 29.9. The Bertz CT molecular complexity index is 1250. The number of anilines is 5. The maximum atomic E-state index is 14.4. The summed E-state index contributed by atoms with van der Waals surface area (Å²) in [7, 11) is 0. The Morgan fingerprint density at radius 1 is 1.10 bits per heavy atom. The molecule has 3 rings (SSSR count). The molecule has 11 heteroatoms. The molecule has 1 aromatic heterocycles. The normalized spacial score (nSPS) is 10.4. The van der Waals surface area contributed by atoms with Crippen molar-refractivity contribution >= 4 is 63.0 Å². The molecule has 1 amide bonds. The van der Waals surface area contributed by atoms with Gasteiger partial charge in [0.25, 0.3) is 0 Å². The van der Waals surface area contributed by atoms with Crippen molar-refractivity contribution in [2.45, 2.75) is 26.7 Å². The standard InChI is InChI=1S/C28H33FN6O2S2/c1-4-14-35(15-5-2)28(38)39-17-16-37-23-12-10-20(11-13-23)33-27-30-19-24(29)26(34-27)32-22-9-7-8-21(18-22)31-25(36)6-3/h6-13,18-19H,3-5,14-17H2,1-2H3,(H,31,36)(H2,30,32,33,34). The second-order valence-corrected chi connectivity index (χ2v) is 10.1. The number of nitrogens with one attached hydrogen (secondary N) is 3. The molecular weight excluding hydrogens is 535 g/mol. The fraction of sp³-hybridized carbons (Fsp3) is 0.286. The molecule has 0 saturated carbocycles. The number of halogens is 1. The second kappa shape index (κ2) is 15.6. The number of carbonyl (C=O) groups excluding carboxylic acids is 1. The largest absolute Gasteiger partial charge is 0.493 e. The molecule has 2 aromatic carbocycles. The molecule has 3 N–H and O–H groups in total. The van der Waals surface area contributed by atoms with Crippen LogP contribution in [0.15, 0.2) is 67.4 Å². The Morgan fingerprint density at radius 3 is 2.51 bits per heavy atom. The van der Waals surface area contributed by atoms with Crippen LogP contribution in [0, 0.1) is 5.82 Å². The molecule has 206 valence electrons. The Balaban J connectivity index is 1.53. The summed E-state index contributed by atoms with van der Waals surface area (Å²) in [6, 6.07) is 14.2. The Labute approximate surface area is 238 Å². The van der Waals surface area contributed by atoms with Gasteiger partial charge in [0, 0.05) is 35.9 Å². The quantitative estimate of drug-likeness (QED) is 0.111. The molecule has 0 radical (unpaired) electrons. The predicted molar refractivity (Wildman–Crippen MR) is 163 cm³/mol. The second-order valence-electron chi connectivity index (χ2n) is 8.39. The van der Waals surface area contributed by atoms with Crippen LogP contribution < -0.4 is 20.7 Å². The average Bonchev–Trinajstić information content (AvgIpc) is 2.93. The Morgan fingerprint density at radius 2 is 1.82 bits per heavy atom. The lowest BCUT2D eigenvalue weighted by atomic mass is 10.2. The van der Waals surface area contributed by atoms with Gasteiger partial charge in [-0.25, -0.2) is 9.37 Å². The molecule has 39 heavy (non-hydrogen) atoms. The van der Waals surface area contributed by atoms with Crippen molar-refractivity contribution in [3.05, 3.63) is 73.2 Å². The van der Waals surface area contributed by atoms with Crippen LogP contribution in [0.2, 0.25) is 0 Å². The van der Waals surface area contributed by atoms with E-state index in [0.29, 0.717) is 18.0 Å². The molecule has 0 unspecified atom stereocenters. The highest BCUT2D eigenvalue weighted by Crippen LogP contribution is 2.24. The molecule has 0 saturated heterocycles. The molecule has 0 aliphatic carbocycles. The van der Waals surface area contributed by atoms with E-state index >= 15 is 0 Å². The minimum Gasteiger partial charge on any atom is -0.493 e. The molecule has 8 nitrogen and oxygen atoms in total. The lowest BCUT2D eigenvalue weighted by molar-refractivity contribution is -0.111. The van der Waals surface area contributed by atoms with Gasteiger partial charge >= 0.3 is 0 Å². The molecule has 0 fully saturated rings. The van der Waals surface area contributed by atoms with Gasteiger partial charge in [0.05, 0.1) is 12.8 Å². The number of hydrogen-bond donors (Lipinski definition) is 3. The predicted octanol–water partition coefficient (Wildman–Crippen LogP) is 6.75. The number of benzene rings is 2. The summed E-state index contributed by atoms with van der Waals surface area (Å²) in [5.41, 5.74) is 1.81. The number of amides is 1. The van der Waals surface area contributed by atoms with Gasteiger partial charge in [-0.1, -0.05) is 50.5 Å². The third-order valence-corrected chi connectivity index (χ3v) is 6.74. The molecule has 0 aliphatic rings. The average molecular weight is 569 g/mol. The van der Waals surface area contributed by atoms with Crippen molar-refractivity contribution in [1.82, 2.24) is 14.9 Å². The van der Waals surface area contributed by atoms with E-state index in [-0.39, 0.29) is 17.7 Å². The van der Waals surface area contributed by atoms with Crippen molar-refractivity contribution in [1.29, 1.82) is 0 Å². The number of thioether (sulfide) groups is 1. The summed E-state index contributed by atoms with van der Waals surface area (Å²) in [5.74, 6) is 0.758. The van der Waals surface area contributed by atoms with Crippen LogP contribution in [0.4, 0.5) is 33.2 Å². The van der Waals surface area contributed by atoms with E-state index in [0.717, 1.165) is 53.6 Å². The van der Waals surface area contributed by atoms with Crippen molar-refractivity contribution < 1.29 is 13.9 Å². The van der Waals surface area contributed by atoms with Gasteiger partial charge < -0.3 is 25.6 Å².